The molecule has 0 aliphatic carbocycles. The zero-order chi connectivity index (χ0) is 20.9. The highest BCUT2D eigenvalue weighted by atomic mass is 16.5. The molecule has 1 unspecified atom stereocenters. The van der Waals surface area contributed by atoms with Crippen molar-refractivity contribution in [3.05, 3.63) is 108 Å². The third-order valence-electron chi connectivity index (χ3n) is 5.08. The molecule has 3 aromatic carbocycles. The normalized spacial score (nSPS) is 11.7. The van der Waals surface area contributed by atoms with E-state index >= 15 is 0 Å². The lowest BCUT2D eigenvalue weighted by atomic mass is 9.94. The molecule has 0 spiro atoms. The standard InChI is InChI=1S/C26H24N2O2/c1-28-17-23(19-10-5-3-6-11-19)24(18-28)26(29)25(20-12-7-4-8-13-20)27-21-14-9-15-22(16-21)30-2/h3-18,25,27H,1-2H3. The molecular formula is C26H24N2O2. The number of aromatic nitrogens is 1. The van der Waals surface area contributed by atoms with Crippen LogP contribution in [0.15, 0.2) is 97.3 Å². The largest absolute Gasteiger partial charge is 0.497 e. The molecule has 4 nitrogen and oxygen atoms in total. The minimum Gasteiger partial charge on any atom is -0.497 e. The molecule has 4 aromatic rings. The lowest BCUT2D eigenvalue weighted by Gasteiger charge is -2.20. The lowest BCUT2D eigenvalue weighted by Crippen LogP contribution is -2.21. The van der Waals surface area contributed by atoms with E-state index < -0.39 is 6.04 Å². The molecule has 1 aromatic heterocycles. The highest BCUT2D eigenvalue weighted by Crippen LogP contribution is 2.31. The average Bonchev–Trinajstić information content (AvgIpc) is 3.20. The fourth-order valence-electron chi connectivity index (χ4n) is 3.61. The molecule has 0 amide bonds. The number of hydrogen-bond donors (Lipinski definition) is 1. The van der Waals surface area contributed by atoms with E-state index in [9.17, 15) is 4.79 Å². The number of ketones is 1. The Bertz CT molecular complexity index is 1130. The average molecular weight is 396 g/mol. The third-order valence-corrected chi connectivity index (χ3v) is 5.08. The molecule has 1 N–H and O–H groups in total. The van der Waals surface area contributed by atoms with Crippen molar-refractivity contribution in [3.63, 3.8) is 0 Å². The Morgan fingerprint density at radius 3 is 2.30 bits per heavy atom. The molecule has 0 aliphatic heterocycles. The Balaban J connectivity index is 1.76. The summed E-state index contributed by atoms with van der Waals surface area (Å²) >= 11 is 0. The minimum absolute atomic E-state index is 0.0171. The number of Topliss-reactive ketones (excluding diaryl/α,β-unsaturated/α-hetero) is 1. The topological polar surface area (TPSA) is 43.3 Å². The molecule has 0 aliphatic rings. The van der Waals surface area contributed by atoms with Crippen molar-refractivity contribution < 1.29 is 9.53 Å². The molecule has 1 atom stereocenters. The van der Waals surface area contributed by atoms with Gasteiger partial charge >= 0.3 is 0 Å². The number of anilines is 1. The van der Waals surface area contributed by atoms with Crippen LogP contribution in [0.2, 0.25) is 0 Å². The second-order valence-corrected chi connectivity index (χ2v) is 7.20. The first-order valence-electron chi connectivity index (χ1n) is 9.87. The van der Waals surface area contributed by atoms with E-state index in [-0.39, 0.29) is 5.78 Å². The first kappa shape index (κ1) is 19.5. The number of carbonyl (C=O) groups is 1. The van der Waals surface area contributed by atoms with Gasteiger partial charge in [0.15, 0.2) is 5.78 Å². The van der Waals surface area contributed by atoms with Gasteiger partial charge in [0.2, 0.25) is 0 Å². The monoisotopic (exact) mass is 396 g/mol. The second kappa shape index (κ2) is 8.70. The van der Waals surface area contributed by atoms with Gasteiger partial charge in [-0.1, -0.05) is 66.7 Å². The van der Waals surface area contributed by atoms with Crippen LogP contribution >= 0.6 is 0 Å². The number of nitrogens with one attached hydrogen (secondary N) is 1. The smallest absolute Gasteiger partial charge is 0.191 e. The number of nitrogens with zero attached hydrogens (tertiary/aromatic N) is 1. The maximum Gasteiger partial charge on any atom is 0.191 e. The summed E-state index contributed by atoms with van der Waals surface area (Å²) in [6.07, 6.45) is 3.89. The zero-order valence-electron chi connectivity index (χ0n) is 17.1. The Morgan fingerprint density at radius 1 is 0.900 bits per heavy atom. The predicted molar refractivity (Wildman–Crippen MR) is 121 cm³/mol. The van der Waals surface area contributed by atoms with E-state index in [4.69, 9.17) is 4.74 Å². The van der Waals surface area contributed by atoms with Gasteiger partial charge in [0, 0.05) is 42.3 Å². The molecule has 0 bridgehead atoms. The summed E-state index contributed by atoms with van der Waals surface area (Å²) in [5.74, 6) is 0.757. The number of benzene rings is 3. The number of aryl methyl sites for hydroxylation is 1. The SMILES string of the molecule is COc1cccc(NC(C(=O)c2cn(C)cc2-c2ccccc2)c2ccccc2)c1. The fraction of sp³-hybridized carbons (Fsp3) is 0.115. The van der Waals surface area contributed by atoms with Gasteiger partial charge < -0.3 is 14.6 Å². The number of hydrogen-bond acceptors (Lipinski definition) is 3. The molecule has 0 saturated carbocycles. The number of rotatable bonds is 7. The first-order valence-corrected chi connectivity index (χ1v) is 9.87. The molecule has 0 saturated heterocycles. The second-order valence-electron chi connectivity index (χ2n) is 7.20. The van der Waals surface area contributed by atoms with Crippen molar-refractivity contribution in [1.29, 1.82) is 0 Å². The van der Waals surface area contributed by atoms with Crippen molar-refractivity contribution in [2.45, 2.75) is 6.04 Å². The Morgan fingerprint density at radius 2 is 1.60 bits per heavy atom. The van der Waals surface area contributed by atoms with Crippen LogP contribution in [0.3, 0.4) is 0 Å². The Labute approximate surface area is 176 Å². The van der Waals surface area contributed by atoms with Gasteiger partial charge in [-0.05, 0) is 23.3 Å². The fourth-order valence-corrected chi connectivity index (χ4v) is 3.61. The van der Waals surface area contributed by atoms with Gasteiger partial charge in [-0.3, -0.25) is 4.79 Å². The molecule has 0 radical (unpaired) electrons. The van der Waals surface area contributed by atoms with Crippen molar-refractivity contribution in [2.75, 3.05) is 12.4 Å². The van der Waals surface area contributed by atoms with Gasteiger partial charge in [0.1, 0.15) is 11.8 Å². The van der Waals surface area contributed by atoms with Gasteiger partial charge in [-0.15, -0.1) is 0 Å². The number of ether oxygens (including phenoxy) is 1. The molecule has 4 heteroatoms. The minimum atomic E-state index is -0.525. The van der Waals surface area contributed by atoms with Crippen LogP contribution in [-0.4, -0.2) is 17.5 Å². The van der Waals surface area contributed by atoms with Gasteiger partial charge in [0.25, 0.3) is 0 Å². The van der Waals surface area contributed by atoms with Crippen LogP contribution in [0.25, 0.3) is 11.1 Å². The molecule has 0 fully saturated rings. The summed E-state index contributed by atoms with van der Waals surface area (Å²) in [5.41, 5.74) is 4.38. The van der Waals surface area contributed by atoms with Crippen molar-refractivity contribution >= 4 is 11.5 Å². The van der Waals surface area contributed by atoms with E-state index in [1.54, 1.807) is 7.11 Å². The summed E-state index contributed by atoms with van der Waals surface area (Å²) in [4.78, 5) is 13.8. The quantitative estimate of drug-likeness (QED) is 0.405. The van der Waals surface area contributed by atoms with E-state index in [0.29, 0.717) is 5.56 Å². The van der Waals surface area contributed by atoms with E-state index in [0.717, 1.165) is 28.1 Å². The van der Waals surface area contributed by atoms with Crippen LogP contribution in [0.1, 0.15) is 22.0 Å². The molecule has 150 valence electrons. The summed E-state index contributed by atoms with van der Waals surface area (Å²) in [7, 11) is 3.57. The van der Waals surface area contributed by atoms with Gasteiger partial charge in [-0.2, -0.15) is 0 Å². The van der Waals surface area contributed by atoms with Crippen molar-refractivity contribution in [3.8, 4) is 16.9 Å². The van der Waals surface area contributed by atoms with Crippen LogP contribution < -0.4 is 10.1 Å². The van der Waals surface area contributed by atoms with Crippen molar-refractivity contribution in [1.82, 2.24) is 4.57 Å². The maximum absolute atomic E-state index is 13.8. The highest BCUT2D eigenvalue weighted by Gasteiger charge is 2.26. The number of carbonyl (C=O) groups excluding carboxylic acids is 1. The lowest BCUT2D eigenvalue weighted by molar-refractivity contribution is 0.0970. The predicted octanol–water partition coefficient (Wildman–Crippen LogP) is 5.74. The molecule has 30 heavy (non-hydrogen) atoms. The highest BCUT2D eigenvalue weighted by molar-refractivity contribution is 6.07. The molecule has 4 rings (SSSR count). The summed E-state index contributed by atoms with van der Waals surface area (Å²) in [6.45, 7) is 0. The first-order chi connectivity index (χ1) is 14.7. The summed E-state index contributed by atoms with van der Waals surface area (Å²) in [6, 6.07) is 26.9. The van der Waals surface area contributed by atoms with Crippen LogP contribution in [0.4, 0.5) is 5.69 Å². The van der Waals surface area contributed by atoms with Crippen LogP contribution in [0.5, 0.6) is 5.75 Å². The van der Waals surface area contributed by atoms with Gasteiger partial charge in [-0.25, -0.2) is 0 Å². The Kier molecular flexibility index (Phi) is 5.66. The van der Waals surface area contributed by atoms with E-state index in [1.165, 1.54) is 0 Å². The third kappa shape index (κ3) is 4.13. The summed E-state index contributed by atoms with van der Waals surface area (Å²) < 4.78 is 7.27. The molecule has 1 heterocycles. The molecular weight excluding hydrogens is 372 g/mol. The van der Waals surface area contributed by atoms with Crippen molar-refractivity contribution in [2.24, 2.45) is 7.05 Å². The van der Waals surface area contributed by atoms with E-state index in [2.05, 4.69) is 5.32 Å². The van der Waals surface area contributed by atoms with Gasteiger partial charge in [0.05, 0.1) is 7.11 Å². The number of methoxy groups -OCH3 is 1. The zero-order valence-corrected chi connectivity index (χ0v) is 17.1. The van der Waals surface area contributed by atoms with Crippen LogP contribution in [0, 0.1) is 0 Å². The van der Waals surface area contributed by atoms with Crippen LogP contribution in [-0.2, 0) is 7.05 Å². The van der Waals surface area contributed by atoms with E-state index in [1.807, 2.05) is 109 Å². The summed E-state index contributed by atoms with van der Waals surface area (Å²) in [5, 5.41) is 3.42. The Hall–Kier alpha value is -3.79. The maximum atomic E-state index is 13.8.